The van der Waals surface area contributed by atoms with E-state index in [0.29, 0.717) is 5.92 Å². The Morgan fingerprint density at radius 1 is 1.18 bits per heavy atom. The minimum absolute atomic E-state index is 0.481. The molecule has 2 rings (SSSR count). The first-order chi connectivity index (χ1) is 8.06. The van der Waals surface area contributed by atoms with Gasteiger partial charge in [0.25, 0.3) is 0 Å². The Labute approximate surface area is 103 Å². The zero-order valence-corrected chi connectivity index (χ0v) is 11.3. The normalized spacial score (nSPS) is 11.2. The lowest BCUT2D eigenvalue weighted by atomic mass is 9.96. The topological polar surface area (TPSA) is 24.9 Å². The van der Waals surface area contributed by atoms with Gasteiger partial charge in [0.1, 0.15) is 0 Å². The summed E-state index contributed by atoms with van der Waals surface area (Å²) in [7, 11) is 1.99. The van der Waals surface area contributed by atoms with E-state index in [4.69, 9.17) is 4.98 Å². The molecule has 1 heterocycles. The highest BCUT2D eigenvalue weighted by atomic mass is 14.8. The monoisotopic (exact) mass is 228 g/mol. The lowest BCUT2D eigenvalue weighted by Gasteiger charge is -2.18. The summed E-state index contributed by atoms with van der Waals surface area (Å²) < 4.78 is 0. The van der Waals surface area contributed by atoms with E-state index in [0.717, 1.165) is 11.2 Å². The summed E-state index contributed by atoms with van der Waals surface area (Å²) in [4.78, 5) is 4.76. The molecule has 0 saturated carbocycles. The van der Waals surface area contributed by atoms with E-state index in [1.807, 2.05) is 7.05 Å². The zero-order chi connectivity index (χ0) is 12.6. The van der Waals surface area contributed by atoms with Gasteiger partial charge < -0.3 is 5.32 Å². The summed E-state index contributed by atoms with van der Waals surface area (Å²) in [6.45, 7) is 8.64. The van der Waals surface area contributed by atoms with E-state index in [1.54, 1.807) is 0 Å². The Kier molecular flexibility index (Phi) is 3.05. The molecule has 17 heavy (non-hydrogen) atoms. The Balaban J connectivity index is 2.90. The maximum absolute atomic E-state index is 4.76. The van der Waals surface area contributed by atoms with Crippen LogP contribution in [0.5, 0.6) is 0 Å². The molecule has 1 aromatic heterocycles. The molecule has 0 amide bonds. The number of anilines is 1. The van der Waals surface area contributed by atoms with Crippen LogP contribution in [0.2, 0.25) is 0 Å². The fourth-order valence-electron chi connectivity index (χ4n) is 2.54. The minimum atomic E-state index is 0.481. The smallest absolute Gasteiger partial charge is 0.0755 e. The van der Waals surface area contributed by atoms with Gasteiger partial charge in [-0.15, -0.1) is 0 Å². The largest absolute Gasteiger partial charge is 0.387 e. The van der Waals surface area contributed by atoms with Gasteiger partial charge in [0.05, 0.1) is 5.52 Å². The SMILES string of the molecule is CNc1c(C(C)C)c(C)nc2c(C)cccc12. The second-order valence-corrected chi connectivity index (χ2v) is 4.86. The maximum atomic E-state index is 4.76. The van der Waals surface area contributed by atoms with Gasteiger partial charge in [-0.1, -0.05) is 32.0 Å². The van der Waals surface area contributed by atoms with Gasteiger partial charge in [-0.3, -0.25) is 4.98 Å². The third-order valence-electron chi connectivity index (χ3n) is 3.27. The molecule has 0 aliphatic carbocycles. The van der Waals surface area contributed by atoms with Crippen LogP contribution in [0.1, 0.15) is 36.6 Å². The molecular weight excluding hydrogens is 208 g/mol. The molecule has 0 fully saturated rings. The predicted octanol–water partition coefficient (Wildman–Crippen LogP) is 4.02. The number of para-hydroxylation sites is 1. The minimum Gasteiger partial charge on any atom is -0.387 e. The molecule has 0 saturated heterocycles. The van der Waals surface area contributed by atoms with E-state index >= 15 is 0 Å². The first-order valence-corrected chi connectivity index (χ1v) is 6.13. The van der Waals surface area contributed by atoms with Crippen molar-refractivity contribution in [2.24, 2.45) is 0 Å². The Hall–Kier alpha value is -1.57. The number of aryl methyl sites for hydroxylation is 2. The van der Waals surface area contributed by atoms with Gasteiger partial charge in [-0.25, -0.2) is 0 Å². The maximum Gasteiger partial charge on any atom is 0.0755 e. The van der Waals surface area contributed by atoms with Crippen molar-refractivity contribution in [3.05, 3.63) is 35.0 Å². The first-order valence-electron chi connectivity index (χ1n) is 6.13. The third-order valence-corrected chi connectivity index (χ3v) is 3.27. The van der Waals surface area contributed by atoms with Gasteiger partial charge in [0, 0.05) is 23.8 Å². The van der Waals surface area contributed by atoms with Crippen molar-refractivity contribution in [2.75, 3.05) is 12.4 Å². The van der Waals surface area contributed by atoms with Crippen molar-refractivity contribution in [1.29, 1.82) is 0 Å². The number of pyridine rings is 1. The summed E-state index contributed by atoms with van der Waals surface area (Å²) in [6, 6.07) is 6.36. The standard InChI is InChI=1S/C15H20N2/c1-9(2)13-11(4)17-14-10(3)7-6-8-12(14)15(13)16-5/h6-9H,1-5H3,(H,16,17). The van der Waals surface area contributed by atoms with Crippen LogP contribution in [-0.4, -0.2) is 12.0 Å². The number of hydrogen-bond acceptors (Lipinski definition) is 2. The van der Waals surface area contributed by atoms with Gasteiger partial charge in [-0.2, -0.15) is 0 Å². The Morgan fingerprint density at radius 2 is 1.88 bits per heavy atom. The summed E-state index contributed by atoms with van der Waals surface area (Å²) in [5.74, 6) is 0.481. The van der Waals surface area contributed by atoms with Crippen molar-refractivity contribution in [1.82, 2.24) is 4.98 Å². The highest BCUT2D eigenvalue weighted by Gasteiger charge is 2.14. The molecule has 2 heteroatoms. The van der Waals surface area contributed by atoms with Crippen LogP contribution < -0.4 is 5.32 Å². The number of nitrogens with zero attached hydrogens (tertiary/aromatic N) is 1. The van der Waals surface area contributed by atoms with Gasteiger partial charge >= 0.3 is 0 Å². The number of rotatable bonds is 2. The van der Waals surface area contributed by atoms with Crippen LogP contribution in [0.25, 0.3) is 10.9 Å². The molecule has 90 valence electrons. The quantitative estimate of drug-likeness (QED) is 0.839. The molecule has 0 radical (unpaired) electrons. The molecule has 0 aliphatic rings. The van der Waals surface area contributed by atoms with Crippen LogP contribution in [0, 0.1) is 13.8 Å². The molecule has 0 spiro atoms. The van der Waals surface area contributed by atoms with Crippen molar-refractivity contribution in [3.8, 4) is 0 Å². The highest BCUT2D eigenvalue weighted by Crippen LogP contribution is 2.34. The first kappa shape index (κ1) is 11.9. The second-order valence-electron chi connectivity index (χ2n) is 4.86. The summed E-state index contributed by atoms with van der Waals surface area (Å²) in [5, 5.41) is 4.57. The molecule has 1 N–H and O–H groups in total. The number of benzene rings is 1. The number of fused-ring (bicyclic) bond motifs is 1. The number of nitrogens with one attached hydrogen (secondary N) is 1. The van der Waals surface area contributed by atoms with Crippen LogP contribution >= 0.6 is 0 Å². The fraction of sp³-hybridized carbons (Fsp3) is 0.400. The molecule has 2 aromatic rings. The highest BCUT2D eigenvalue weighted by molar-refractivity contribution is 5.95. The van der Waals surface area contributed by atoms with E-state index < -0.39 is 0 Å². The van der Waals surface area contributed by atoms with Crippen LogP contribution in [0.4, 0.5) is 5.69 Å². The molecular formula is C15H20N2. The Bertz CT molecular complexity index is 556. The number of aromatic nitrogens is 1. The fourth-order valence-corrected chi connectivity index (χ4v) is 2.54. The molecule has 0 aliphatic heterocycles. The van der Waals surface area contributed by atoms with Gasteiger partial charge in [0.2, 0.25) is 0 Å². The lowest BCUT2D eigenvalue weighted by molar-refractivity contribution is 0.849. The van der Waals surface area contributed by atoms with Crippen LogP contribution in [0.3, 0.4) is 0 Å². The second kappa shape index (κ2) is 4.36. The molecule has 0 unspecified atom stereocenters. The molecule has 2 nitrogen and oxygen atoms in total. The molecule has 1 aromatic carbocycles. The molecule has 0 atom stereocenters. The zero-order valence-electron chi connectivity index (χ0n) is 11.3. The number of hydrogen-bond donors (Lipinski definition) is 1. The average molecular weight is 228 g/mol. The third kappa shape index (κ3) is 1.88. The van der Waals surface area contributed by atoms with E-state index in [1.165, 1.54) is 22.2 Å². The van der Waals surface area contributed by atoms with Gasteiger partial charge in [0.15, 0.2) is 0 Å². The van der Waals surface area contributed by atoms with Crippen molar-refractivity contribution in [3.63, 3.8) is 0 Å². The van der Waals surface area contributed by atoms with Crippen molar-refractivity contribution in [2.45, 2.75) is 33.6 Å². The summed E-state index contributed by atoms with van der Waals surface area (Å²) in [6.07, 6.45) is 0. The van der Waals surface area contributed by atoms with Crippen LogP contribution in [0.15, 0.2) is 18.2 Å². The van der Waals surface area contributed by atoms with Gasteiger partial charge in [-0.05, 0) is 30.9 Å². The molecule has 0 bridgehead atoms. The van der Waals surface area contributed by atoms with E-state index in [9.17, 15) is 0 Å². The average Bonchev–Trinajstić information content (AvgIpc) is 2.28. The lowest BCUT2D eigenvalue weighted by Crippen LogP contribution is -2.04. The van der Waals surface area contributed by atoms with Crippen LogP contribution in [-0.2, 0) is 0 Å². The van der Waals surface area contributed by atoms with E-state index in [-0.39, 0.29) is 0 Å². The Morgan fingerprint density at radius 3 is 2.47 bits per heavy atom. The summed E-state index contributed by atoms with van der Waals surface area (Å²) >= 11 is 0. The van der Waals surface area contributed by atoms with E-state index in [2.05, 4.69) is 51.2 Å². The van der Waals surface area contributed by atoms with Crippen molar-refractivity contribution >= 4 is 16.6 Å². The van der Waals surface area contributed by atoms with Crippen molar-refractivity contribution < 1.29 is 0 Å². The summed E-state index contributed by atoms with van der Waals surface area (Å²) in [5.41, 5.74) is 6.03. The predicted molar refractivity (Wildman–Crippen MR) is 74.9 cm³/mol.